The van der Waals surface area contributed by atoms with Crippen LogP contribution in [0.3, 0.4) is 0 Å². The summed E-state index contributed by atoms with van der Waals surface area (Å²) in [7, 11) is 1.52. The Morgan fingerprint density at radius 2 is 1.84 bits per heavy atom. The van der Waals surface area contributed by atoms with E-state index in [-0.39, 0.29) is 11.6 Å². The van der Waals surface area contributed by atoms with Crippen molar-refractivity contribution in [1.29, 1.82) is 0 Å². The van der Waals surface area contributed by atoms with Crippen molar-refractivity contribution in [2.45, 2.75) is 13.5 Å². The highest BCUT2D eigenvalue weighted by molar-refractivity contribution is 6.00. The van der Waals surface area contributed by atoms with Gasteiger partial charge in [0.2, 0.25) is 0 Å². The molecule has 6 rings (SSSR count). The second kappa shape index (κ2) is 9.52. The predicted octanol–water partition coefficient (Wildman–Crippen LogP) is 6.92. The minimum absolute atomic E-state index is 0.0589. The molecule has 0 saturated carbocycles. The molecule has 0 fully saturated rings. The Hall–Kier alpha value is -4.91. The maximum Gasteiger partial charge on any atom is 0.165 e. The van der Waals surface area contributed by atoms with Gasteiger partial charge in [0.15, 0.2) is 17.3 Å². The number of imidazole rings is 1. The molecule has 6 aromatic rings. The first kappa shape index (κ1) is 23.5. The molecule has 0 atom stereocenters. The van der Waals surface area contributed by atoms with E-state index in [0.29, 0.717) is 29.4 Å². The number of phenols is 1. The van der Waals surface area contributed by atoms with Crippen LogP contribution in [0.25, 0.3) is 27.8 Å². The zero-order valence-corrected chi connectivity index (χ0v) is 21.0. The van der Waals surface area contributed by atoms with Crippen LogP contribution in [0.4, 0.5) is 10.2 Å². The quantitative estimate of drug-likeness (QED) is 0.251. The average Bonchev–Trinajstić information content (AvgIpc) is 3.46. The van der Waals surface area contributed by atoms with Crippen LogP contribution in [0, 0.1) is 12.7 Å². The van der Waals surface area contributed by atoms with Crippen LogP contribution in [0.15, 0.2) is 96.2 Å². The fourth-order valence-corrected chi connectivity index (χ4v) is 4.73. The Bertz CT molecular complexity index is 1830. The standard InChI is InChI=1S/C31H25FN4O2/c1-20-13-14-36-29(15-20)34-30(21-11-12-27(37)28(16-21)38-2)31(36)33-17-23-19-35(26-10-6-4-8-24(23)26)18-22-7-3-5-9-25(22)32/h3-17,19,37H,18H2,1-2H3. The van der Waals surface area contributed by atoms with E-state index in [1.165, 1.54) is 13.2 Å². The van der Waals surface area contributed by atoms with Gasteiger partial charge in [-0.15, -0.1) is 0 Å². The second-order valence-corrected chi connectivity index (χ2v) is 9.18. The van der Waals surface area contributed by atoms with Crippen LogP contribution in [-0.2, 0) is 6.54 Å². The molecule has 3 aromatic heterocycles. The number of benzene rings is 3. The van der Waals surface area contributed by atoms with Gasteiger partial charge in [0, 0.05) is 46.2 Å². The highest BCUT2D eigenvalue weighted by Crippen LogP contribution is 2.36. The normalized spacial score (nSPS) is 11.7. The molecule has 3 aromatic carbocycles. The predicted molar refractivity (Wildman–Crippen MR) is 148 cm³/mol. The summed E-state index contributed by atoms with van der Waals surface area (Å²) in [5.74, 6) is 0.847. The number of aromatic hydroxyl groups is 1. The van der Waals surface area contributed by atoms with Gasteiger partial charge < -0.3 is 14.4 Å². The smallest absolute Gasteiger partial charge is 0.165 e. The fourth-order valence-electron chi connectivity index (χ4n) is 4.73. The number of phenolic OH excluding ortho intramolecular Hbond substituents is 1. The molecule has 0 aliphatic heterocycles. The van der Waals surface area contributed by atoms with E-state index in [1.807, 2.05) is 77.0 Å². The lowest BCUT2D eigenvalue weighted by molar-refractivity contribution is 0.373. The molecule has 1 N–H and O–H groups in total. The van der Waals surface area contributed by atoms with E-state index in [0.717, 1.165) is 33.2 Å². The molecule has 0 radical (unpaired) electrons. The molecule has 188 valence electrons. The van der Waals surface area contributed by atoms with Crippen molar-refractivity contribution in [1.82, 2.24) is 14.0 Å². The van der Waals surface area contributed by atoms with Gasteiger partial charge in [-0.25, -0.2) is 14.4 Å². The average molecular weight is 505 g/mol. The number of hydrogen-bond acceptors (Lipinski definition) is 4. The zero-order valence-electron chi connectivity index (χ0n) is 21.0. The minimum atomic E-state index is -0.226. The molecule has 0 saturated heterocycles. The molecule has 0 bridgehead atoms. The molecular formula is C31H25FN4O2. The molecule has 38 heavy (non-hydrogen) atoms. The second-order valence-electron chi connectivity index (χ2n) is 9.18. The summed E-state index contributed by atoms with van der Waals surface area (Å²) < 4.78 is 23.7. The Morgan fingerprint density at radius 1 is 1.03 bits per heavy atom. The molecule has 0 aliphatic carbocycles. The van der Waals surface area contributed by atoms with Gasteiger partial charge in [0.1, 0.15) is 17.2 Å². The number of aryl methyl sites for hydroxylation is 1. The summed E-state index contributed by atoms with van der Waals surface area (Å²) in [6.45, 7) is 2.43. The number of methoxy groups -OCH3 is 1. The lowest BCUT2D eigenvalue weighted by Gasteiger charge is -2.06. The Labute approximate surface area is 218 Å². The monoisotopic (exact) mass is 504 g/mol. The van der Waals surface area contributed by atoms with Crippen molar-refractivity contribution in [3.63, 3.8) is 0 Å². The van der Waals surface area contributed by atoms with E-state index in [1.54, 1.807) is 30.3 Å². The van der Waals surface area contributed by atoms with Crippen LogP contribution < -0.4 is 4.74 Å². The number of halogens is 1. The number of rotatable bonds is 6. The van der Waals surface area contributed by atoms with Gasteiger partial charge in [-0.05, 0) is 55.0 Å². The maximum absolute atomic E-state index is 14.4. The number of hydrogen-bond donors (Lipinski definition) is 1. The maximum atomic E-state index is 14.4. The van der Waals surface area contributed by atoms with Gasteiger partial charge in [0.05, 0.1) is 13.7 Å². The molecule has 0 unspecified atom stereocenters. The highest BCUT2D eigenvalue weighted by Gasteiger charge is 2.16. The summed E-state index contributed by atoms with van der Waals surface area (Å²) in [4.78, 5) is 9.78. The number of para-hydroxylation sites is 1. The first-order chi connectivity index (χ1) is 18.5. The number of pyridine rings is 1. The number of fused-ring (bicyclic) bond motifs is 2. The fraction of sp³-hybridized carbons (Fsp3) is 0.0968. The van der Waals surface area contributed by atoms with Gasteiger partial charge in [0.25, 0.3) is 0 Å². The summed E-state index contributed by atoms with van der Waals surface area (Å²) in [5.41, 5.74) is 5.82. The summed E-state index contributed by atoms with van der Waals surface area (Å²) in [6, 6.07) is 24.0. The first-order valence-electron chi connectivity index (χ1n) is 12.2. The van der Waals surface area contributed by atoms with Crippen LogP contribution >= 0.6 is 0 Å². The van der Waals surface area contributed by atoms with Crippen molar-refractivity contribution in [2.24, 2.45) is 4.99 Å². The third kappa shape index (κ3) is 4.18. The molecule has 0 aliphatic rings. The van der Waals surface area contributed by atoms with E-state index in [2.05, 4.69) is 0 Å². The third-order valence-corrected chi connectivity index (χ3v) is 6.65. The van der Waals surface area contributed by atoms with E-state index in [9.17, 15) is 9.50 Å². The van der Waals surface area contributed by atoms with Gasteiger partial charge in [-0.2, -0.15) is 0 Å². The van der Waals surface area contributed by atoms with E-state index >= 15 is 0 Å². The zero-order chi connectivity index (χ0) is 26.2. The van der Waals surface area contributed by atoms with E-state index < -0.39 is 0 Å². The van der Waals surface area contributed by atoms with Crippen molar-refractivity contribution in [2.75, 3.05) is 7.11 Å². The summed E-state index contributed by atoms with van der Waals surface area (Å²) >= 11 is 0. The molecule has 6 nitrogen and oxygen atoms in total. The van der Waals surface area contributed by atoms with Crippen LogP contribution in [0.1, 0.15) is 16.7 Å². The van der Waals surface area contributed by atoms with Crippen LogP contribution in [0.5, 0.6) is 11.5 Å². The Kier molecular flexibility index (Phi) is 5.88. The molecule has 0 spiro atoms. The lowest BCUT2D eigenvalue weighted by atomic mass is 10.1. The van der Waals surface area contributed by atoms with E-state index in [4.69, 9.17) is 14.7 Å². The van der Waals surface area contributed by atoms with Gasteiger partial charge in [-0.3, -0.25) is 4.40 Å². The number of ether oxygens (including phenoxy) is 1. The molecular weight excluding hydrogens is 479 g/mol. The largest absolute Gasteiger partial charge is 0.504 e. The molecule has 3 heterocycles. The number of aromatic nitrogens is 3. The summed E-state index contributed by atoms with van der Waals surface area (Å²) in [6.07, 6.45) is 5.77. The van der Waals surface area contributed by atoms with Crippen molar-refractivity contribution in [3.05, 3.63) is 114 Å². The SMILES string of the molecule is COc1cc(-c2nc3cc(C)ccn3c2N=Cc2cn(Cc3ccccc3F)c3ccccc23)ccc1O. The number of nitrogens with zero attached hydrogens (tertiary/aromatic N) is 4. The minimum Gasteiger partial charge on any atom is -0.504 e. The highest BCUT2D eigenvalue weighted by atomic mass is 19.1. The molecule has 0 amide bonds. The Balaban J connectivity index is 1.48. The lowest BCUT2D eigenvalue weighted by Crippen LogP contribution is -2.00. The third-order valence-electron chi connectivity index (χ3n) is 6.65. The number of aliphatic imine (C=N–C) groups is 1. The first-order valence-corrected chi connectivity index (χ1v) is 12.2. The molecule has 7 heteroatoms. The summed E-state index contributed by atoms with van der Waals surface area (Å²) in [5, 5.41) is 11.1. The van der Waals surface area contributed by atoms with Crippen LogP contribution in [0.2, 0.25) is 0 Å². The van der Waals surface area contributed by atoms with Crippen molar-refractivity contribution >= 4 is 28.6 Å². The van der Waals surface area contributed by atoms with Crippen molar-refractivity contribution in [3.8, 4) is 22.8 Å². The van der Waals surface area contributed by atoms with Gasteiger partial charge >= 0.3 is 0 Å². The Morgan fingerprint density at radius 3 is 2.68 bits per heavy atom. The van der Waals surface area contributed by atoms with Crippen molar-refractivity contribution < 1.29 is 14.2 Å². The topological polar surface area (TPSA) is 64.0 Å². The van der Waals surface area contributed by atoms with Gasteiger partial charge in [-0.1, -0.05) is 36.4 Å². The van der Waals surface area contributed by atoms with Crippen LogP contribution in [-0.4, -0.2) is 32.4 Å².